The van der Waals surface area contributed by atoms with Crippen LogP contribution in [0.25, 0.3) is 0 Å². The highest BCUT2D eigenvalue weighted by molar-refractivity contribution is 5.91. The summed E-state index contributed by atoms with van der Waals surface area (Å²) >= 11 is 0. The fourth-order valence-electron chi connectivity index (χ4n) is 0.860. The standard InChI is InChI=1S/C10H15NO3/c1-10(2,13-3)7-11-9(12)8-5-4-6-14-8/h4-6H,7H2,1-3H3,(H,11,12). The molecule has 1 aromatic heterocycles. The number of rotatable bonds is 4. The molecule has 78 valence electrons. The molecular formula is C10H15NO3. The van der Waals surface area contributed by atoms with Crippen molar-refractivity contribution in [3.05, 3.63) is 24.2 Å². The first-order valence-electron chi connectivity index (χ1n) is 4.42. The minimum absolute atomic E-state index is 0.222. The first-order chi connectivity index (χ1) is 6.55. The van der Waals surface area contributed by atoms with Gasteiger partial charge in [0.15, 0.2) is 5.76 Å². The predicted molar refractivity (Wildman–Crippen MR) is 52.1 cm³/mol. The SMILES string of the molecule is COC(C)(C)CNC(=O)c1ccco1. The van der Waals surface area contributed by atoms with Gasteiger partial charge in [-0.05, 0) is 26.0 Å². The normalized spacial score (nSPS) is 11.4. The van der Waals surface area contributed by atoms with Crippen molar-refractivity contribution in [2.75, 3.05) is 13.7 Å². The molecule has 1 aromatic rings. The zero-order valence-electron chi connectivity index (χ0n) is 8.66. The summed E-state index contributed by atoms with van der Waals surface area (Å²) in [5, 5.41) is 2.72. The van der Waals surface area contributed by atoms with Gasteiger partial charge in [-0.25, -0.2) is 0 Å². The highest BCUT2D eigenvalue weighted by Crippen LogP contribution is 2.06. The molecule has 0 saturated carbocycles. The van der Waals surface area contributed by atoms with Gasteiger partial charge in [-0.1, -0.05) is 0 Å². The molecule has 1 heterocycles. The molecule has 0 aliphatic heterocycles. The van der Waals surface area contributed by atoms with Crippen molar-refractivity contribution < 1.29 is 13.9 Å². The number of hydrogen-bond donors (Lipinski definition) is 1. The van der Waals surface area contributed by atoms with Crippen LogP contribution in [-0.2, 0) is 4.74 Å². The van der Waals surface area contributed by atoms with Gasteiger partial charge in [0.25, 0.3) is 5.91 Å². The zero-order valence-corrected chi connectivity index (χ0v) is 8.66. The van der Waals surface area contributed by atoms with Crippen molar-refractivity contribution >= 4 is 5.91 Å². The second kappa shape index (κ2) is 4.28. The van der Waals surface area contributed by atoms with Crippen LogP contribution >= 0.6 is 0 Å². The average molecular weight is 197 g/mol. The third kappa shape index (κ3) is 2.88. The number of amides is 1. The van der Waals surface area contributed by atoms with Crippen molar-refractivity contribution in [2.24, 2.45) is 0 Å². The summed E-state index contributed by atoms with van der Waals surface area (Å²) < 4.78 is 10.1. The van der Waals surface area contributed by atoms with E-state index in [1.54, 1.807) is 19.2 Å². The van der Waals surface area contributed by atoms with Crippen LogP contribution in [-0.4, -0.2) is 25.2 Å². The molecular weight excluding hydrogens is 182 g/mol. The van der Waals surface area contributed by atoms with Crippen LogP contribution in [0.3, 0.4) is 0 Å². The third-order valence-corrected chi connectivity index (χ3v) is 1.97. The molecule has 0 unspecified atom stereocenters. The molecule has 0 radical (unpaired) electrons. The molecule has 4 heteroatoms. The molecule has 0 spiro atoms. The molecule has 0 fully saturated rings. The lowest BCUT2D eigenvalue weighted by Gasteiger charge is -2.22. The van der Waals surface area contributed by atoms with Crippen molar-refractivity contribution in [3.63, 3.8) is 0 Å². The van der Waals surface area contributed by atoms with E-state index < -0.39 is 0 Å². The Balaban J connectivity index is 2.43. The van der Waals surface area contributed by atoms with Crippen LogP contribution in [0.1, 0.15) is 24.4 Å². The van der Waals surface area contributed by atoms with Crippen LogP contribution in [0.5, 0.6) is 0 Å². The maximum atomic E-state index is 11.4. The molecule has 1 amide bonds. The van der Waals surface area contributed by atoms with E-state index >= 15 is 0 Å². The summed E-state index contributed by atoms with van der Waals surface area (Å²) in [5.41, 5.74) is -0.359. The first-order valence-corrected chi connectivity index (χ1v) is 4.42. The van der Waals surface area contributed by atoms with E-state index in [4.69, 9.17) is 9.15 Å². The topological polar surface area (TPSA) is 51.5 Å². The van der Waals surface area contributed by atoms with E-state index in [9.17, 15) is 4.79 Å². The van der Waals surface area contributed by atoms with Gasteiger partial charge in [0.05, 0.1) is 11.9 Å². The maximum Gasteiger partial charge on any atom is 0.287 e. The Morgan fingerprint density at radius 2 is 2.36 bits per heavy atom. The number of carbonyl (C=O) groups is 1. The van der Waals surface area contributed by atoms with Crippen molar-refractivity contribution in [2.45, 2.75) is 19.4 Å². The van der Waals surface area contributed by atoms with E-state index in [0.717, 1.165) is 0 Å². The highest BCUT2D eigenvalue weighted by atomic mass is 16.5. The number of ether oxygens (including phenoxy) is 1. The molecule has 14 heavy (non-hydrogen) atoms. The fraction of sp³-hybridized carbons (Fsp3) is 0.500. The second-order valence-electron chi connectivity index (χ2n) is 3.62. The van der Waals surface area contributed by atoms with Crippen molar-refractivity contribution in [1.29, 1.82) is 0 Å². The second-order valence-corrected chi connectivity index (χ2v) is 3.62. The summed E-state index contributed by atoms with van der Waals surface area (Å²) in [6.45, 7) is 4.24. The van der Waals surface area contributed by atoms with Gasteiger partial charge >= 0.3 is 0 Å². The van der Waals surface area contributed by atoms with Gasteiger partial charge < -0.3 is 14.5 Å². The Bertz CT molecular complexity index is 290. The molecule has 0 aliphatic carbocycles. The van der Waals surface area contributed by atoms with Gasteiger partial charge in [0.1, 0.15) is 0 Å². The largest absolute Gasteiger partial charge is 0.459 e. The van der Waals surface area contributed by atoms with Crippen LogP contribution in [0.15, 0.2) is 22.8 Å². The van der Waals surface area contributed by atoms with Gasteiger partial charge in [-0.2, -0.15) is 0 Å². The van der Waals surface area contributed by atoms with Crippen LogP contribution in [0.4, 0.5) is 0 Å². The lowest BCUT2D eigenvalue weighted by Crippen LogP contribution is -2.39. The predicted octanol–water partition coefficient (Wildman–Crippen LogP) is 1.43. The first kappa shape index (κ1) is 10.8. The molecule has 0 aromatic carbocycles. The number of methoxy groups -OCH3 is 1. The van der Waals surface area contributed by atoms with Gasteiger partial charge in [-0.3, -0.25) is 4.79 Å². The third-order valence-electron chi connectivity index (χ3n) is 1.97. The van der Waals surface area contributed by atoms with E-state index in [1.165, 1.54) is 6.26 Å². The number of furan rings is 1. The molecule has 0 saturated heterocycles. The summed E-state index contributed by atoms with van der Waals surface area (Å²) in [6.07, 6.45) is 1.47. The van der Waals surface area contributed by atoms with Crippen molar-refractivity contribution in [3.8, 4) is 0 Å². The zero-order chi connectivity index (χ0) is 10.6. The molecule has 1 rings (SSSR count). The van der Waals surface area contributed by atoms with Gasteiger partial charge in [0.2, 0.25) is 0 Å². The summed E-state index contributed by atoms with van der Waals surface area (Å²) in [4.78, 5) is 11.4. The Labute approximate surface area is 83.2 Å². The summed E-state index contributed by atoms with van der Waals surface area (Å²) in [7, 11) is 1.61. The average Bonchev–Trinajstić information content (AvgIpc) is 2.67. The van der Waals surface area contributed by atoms with E-state index in [1.807, 2.05) is 13.8 Å². The Hall–Kier alpha value is -1.29. The Morgan fingerprint density at radius 3 is 2.86 bits per heavy atom. The lowest BCUT2D eigenvalue weighted by molar-refractivity contribution is 0.0226. The molecule has 0 bridgehead atoms. The Morgan fingerprint density at radius 1 is 1.64 bits per heavy atom. The highest BCUT2D eigenvalue weighted by Gasteiger charge is 2.18. The minimum Gasteiger partial charge on any atom is -0.459 e. The fourth-order valence-corrected chi connectivity index (χ4v) is 0.860. The summed E-state index contributed by atoms with van der Waals surface area (Å²) in [5.74, 6) is 0.0945. The number of carbonyl (C=O) groups excluding carboxylic acids is 1. The minimum atomic E-state index is -0.359. The van der Waals surface area contributed by atoms with Crippen LogP contribution < -0.4 is 5.32 Å². The van der Waals surface area contributed by atoms with Gasteiger partial charge in [-0.15, -0.1) is 0 Å². The quantitative estimate of drug-likeness (QED) is 0.794. The van der Waals surface area contributed by atoms with E-state index in [0.29, 0.717) is 12.3 Å². The Kier molecular flexibility index (Phi) is 3.30. The lowest BCUT2D eigenvalue weighted by atomic mass is 10.1. The monoisotopic (exact) mass is 197 g/mol. The number of hydrogen-bond acceptors (Lipinski definition) is 3. The number of nitrogens with one attached hydrogen (secondary N) is 1. The van der Waals surface area contributed by atoms with Crippen LogP contribution in [0, 0.1) is 0 Å². The van der Waals surface area contributed by atoms with E-state index in [2.05, 4.69) is 5.32 Å². The van der Waals surface area contributed by atoms with Crippen LogP contribution in [0.2, 0.25) is 0 Å². The molecule has 4 nitrogen and oxygen atoms in total. The van der Waals surface area contributed by atoms with Crippen molar-refractivity contribution in [1.82, 2.24) is 5.32 Å². The van der Waals surface area contributed by atoms with Gasteiger partial charge in [0, 0.05) is 13.7 Å². The molecule has 0 atom stereocenters. The maximum absolute atomic E-state index is 11.4. The molecule has 1 N–H and O–H groups in total. The smallest absolute Gasteiger partial charge is 0.287 e. The van der Waals surface area contributed by atoms with E-state index in [-0.39, 0.29) is 11.5 Å². The molecule has 0 aliphatic rings. The summed E-state index contributed by atoms with van der Waals surface area (Å²) in [6, 6.07) is 3.30.